The summed E-state index contributed by atoms with van der Waals surface area (Å²) in [5, 5.41) is 10.5. The third kappa shape index (κ3) is 3.75. The lowest BCUT2D eigenvalue weighted by molar-refractivity contribution is 0.0946. The van der Waals surface area contributed by atoms with Crippen molar-refractivity contribution in [2.75, 3.05) is 7.11 Å². The predicted octanol–water partition coefficient (Wildman–Crippen LogP) is 4.18. The highest BCUT2D eigenvalue weighted by Gasteiger charge is 2.14. The number of carbonyl (C=O) groups excluding carboxylic acids is 1. The fourth-order valence-electron chi connectivity index (χ4n) is 2.43. The van der Waals surface area contributed by atoms with Crippen LogP contribution in [0.3, 0.4) is 0 Å². The number of carbonyl (C=O) groups is 1. The first-order chi connectivity index (χ1) is 12.5. The summed E-state index contributed by atoms with van der Waals surface area (Å²) in [5.74, 6) is 0.738. The smallest absolute Gasteiger partial charge is 0.255 e. The number of hydrogen-bond acceptors (Lipinski definition) is 4. The Hall–Kier alpha value is -2.35. The van der Waals surface area contributed by atoms with Gasteiger partial charge < -0.3 is 10.1 Å². The van der Waals surface area contributed by atoms with Gasteiger partial charge in [-0.2, -0.15) is 5.10 Å². The minimum Gasteiger partial charge on any atom is -0.496 e. The lowest BCUT2D eigenvalue weighted by Gasteiger charge is -2.10. The summed E-state index contributed by atoms with van der Waals surface area (Å²) in [6, 6.07) is 12.1. The van der Waals surface area contributed by atoms with E-state index in [0.29, 0.717) is 37.6 Å². The molecule has 1 aromatic heterocycles. The number of ether oxygens (including phenoxy) is 1. The van der Waals surface area contributed by atoms with Gasteiger partial charge in [0.2, 0.25) is 0 Å². The van der Waals surface area contributed by atoms with Gasteiger partial charge in [0.1, 0.15) is 5.75 Å². The van der Waals surface area contributed by atoms with Crippen LogP contribution >= 0.6 is 35.4 Å². The molecule has 2 N–H and O–H groups in total. The Morgan fingerprint density at radius 2 is 2.04 bits per heavy atom. The van der Waals surface area contributed by atoms with E-state index in [9.17, 15) is 4.79 Å². The van der Waals surface area contributed by atoms with Crippen molar-refractivity contribution in [1.82, 2.24) is 20.1 Å². The molecule has 0 atom stereocenters. The van der Waals surface area contributed by atoms with Crippen molar-refractivity contribution in [2.24, 2.45) is 0 Å². The van der Waals surface area contributed by atoms with E-state index in [4.69, 9.17) is 40.2 Å². The van der Waals surface area contributed by atoms with Crippen LogP contribution in [0.25, 0.3) is 5.69 Å². The number of para-hydroxylation sites is 1. The van der Waals surface area contributed by atoms with Gasteiger partial charge in [-0.15, -0.1) is 0 Å². The zero-order valence-corrected chi connectivity index (χ0v) is 16.0. The van der Waals surface area contributed by atoms with Gasteiger partial charge in [0.05, 0.1) is 35.0 Å². The van der Waals surface area contributed by atoms with Crippen LogP contribution in [0.15, 0.2) is 42.5 Å². The molecule has 3 aromatic rings. The van der Waals surface area contributed by atoms with E-state index in [1.807, 2.05) is 0 Å². The molecule has 134 valence electrons. The Kier molecular flexibility index (Phi) is 5.61. The fraction of sp³-hybridized carbons (Fsp3) is 0.118. The molecule has 0 spiro atoms. The van der Waals surface area contributed by atoms with Gasteiger partial charge in [-0.3, -0.25) is 14.5 Å². The number of benzene rings is 2. The molecule has 6 nitrogen and oxygen atoms in total. The number of rotatable bonds is 5. The summed E-state index contributed by atoms with van der Waals surface area (Å²) < 4.78 is 7.27. The Bertz CT molecular complexity index is 1020. The average Bonchev–Trinajstić information content (AvgIpc) is 3.02. The fourth-order valence-corrected chi connectivity index (χ4v) is 2.97. The maximum atomic E-state index is 12.4. The SMILES string of the molecule is COc1ccccc1C(=O)NCc1n[nH]c(=S)n1-c1ccc(Cl)c(Cl)c1. The van der Waals surface area contributed by atoms with Gasteiger partial charge in [0, 0.05) is 0 Å². The van der Waals surface area contributed by atoms with Gasteiger partial charge >= 0.3 is 0 Å². The topological polar surface area (TPSA) is 71.9 Å². The molecule has 9 heteroatoms. The van der Waals surface area contributed by atoms with E-state index in [0.717, 1.165) is 0 Å². The highest BCUT2D eigenvalue weighted by atomic mass is 35.5. The zero-order valence-electron chi connectivity index (χ0n) is 13.6. The van der Waals surface area contributed by atoms with E-state index in [1.54, 1.807) is 47.0 Å². The van der Waals surface area contributed by atoms with Crippen molar-refractivity contribution in [3.05, 3.63) is 68.7 Å². The molecule has 0 saturated heterocycles. The van der Waals surface area contributed by atoms with Crippen molar-refractivity contribution in [1.29, 1.82) is 0 Å². The number of aromatic nitrogens is 3. The number of nitrogens with one attached hydrogen (secondary N) is 2. The van der Waals surface area contributed by atoms with Crippen LogP contribution in [0.1, 0.15) is 16.2 Å². The highest BCUT2D eigenvalue weighted by Crippen LogP contribution is 2.25. The standard InChI is InChI=1S/C17H14Cl2N4O2S/c1-25-14-5-3-2-4-11(14)16(24)20-9-15-21-22-17(26)23(15)10-6-7-12(18)13(19)8-10/h2-8H,9H2,1H3,(H,20,24)(H,22,26). The summed E-state index contributed by atoms with van der Waals surface area (Å²) in [4.78, 5) is 12.4. The molecule has 3 rings (SSSR count). The lowest BCUT2D eigenvalue weighted by Crippen LogP contribution is -2.25. The van der Waals surface area contributed by atoms with Gasteiger partial charge in [0.25, 0.3) is 5.91 Å². The highest BCUT2D eigenvalue weighted by molar-refractivity contribution is 7.71. The van der Waals surface area contributed by atoms with Gasteiger partial charge in [-0.25, -0.2) is 0 Å². The van der Waals surface area contributed by atoms with E-state index in [2.05, 4.69) is 15.5 Å². The molecule has 26 heavy (non-hydrogen) atoms. The number of hydrogen-bond donors (Lipinski definition) is 2. The lowest BCUT2D eigenvalue weighted by atomic mass is 10.2. The number of nitrogens with zero attached hydrogens (tertiary/aromatic N) is 2. The first-order valence-corrected chi connectivity index (χ1v) is 8.70. The quantitative estimate of drug-likeness (QED) is 0.621. The number of methoxy groups -OCH3 is 1. The summed E-state index contributed by atoms with van der Waals surface area (Å²) in [5.41, 5.74) is 1.13. The first-order valence-electron chi connectivity index (χ1n) is 7.54. The molecule has 0 bridgehead atoms. The second kappa shape index (κ2) is 7.90. The molecule has 0 fully saturated rings. The summed E-state index contributed by atoms with van der Waals surface area (Å²) >= 11 is 17.3. The second-order valence-electron chi connectivity index (χ2n) is 5.26. The Balaban J connectivity index is 1.84. The van der Waals surface area contributed by atoms with Crippen molar-refractivity contribution >= 4 is 41.3 Å². The Morgan fingerprint density at radius 3 is 2.77 bits per heavy atom. The summed E-state index contributed by atoms with van der Waals surface area (Å²) in [7, 11) is 1.52. The minimum atomic E-state index is -0.281. The van der Waals surface area contributed by atoms with Crippen molar-refractivity contribution in [2.45, 2.75) is 6.54 Å². The molecule has 0 aliphatic carbocycles. The van der Waals surface area contributed by atoms with Crippen LogP contribution in [-0.4, -0.2) is 27.8 Å². The van der Waals surface area contributed by atoms with Crippen molar-refractivity contribution < 1.29 is 9.53 Å². The van der Waals surface area contributed by atoms with Crippen LogP contribution in [0.4, 0.5) is 0 Å². The molecular weight excluding hydrogens is 395 g/mol. The van der Waals surface area contributed by atoms with Crippen LogP contribution in [-0.2, 0) is 6.54 Å². The second-order valence-corrected chi connectivity index (χ2v) is 6.46. The van der Waals surface area contributed by atoms with Crippen molar-refractivity contribution in [3.63, 3.8) is 0 Å². The van der Waals surface area contributed by atoms with E-state index in [-0.39, 0.29) is 12.5 Å². The van der Waals surface area contributed by atoms with Crippen LogP contribution < -0.4 is 10.1 Å². The maximum Gasteiger partial charge on any atom is 0.255 e. The first kappa shape index (κ1) is 18.4. The van der Waals surface area contributed by atoms with E-state index < -0.39 is 0 Å². The normalized spacial score (nSPS) is 10.6. The molecule has 0 unspecified atom stereocenters. The number of H-pyrrole nitrogens is 1. The Labute approximate surface area is 164 Å². The molecular formula is C17H14Cl2N4O2S. The number of amides is 1. The van der Waals surface area contributed by atoms with Crippen LogP contribution in [0, 0.1) is 4.77 Å². The summed E-state index contributed by atoms with van der Waals surface area (Å²) in [6.45, 7) is 0.157. The average molecular weight is 409 g/mol. The van der Waals surface area contributed by atoms with Crippen LogP contribution in [0.2, 0.25) is 10.0 Å². The Morgan fingerprint density at radius 1 is 1.27 bits per heavy atom. The van der Waals surface area contributed by atoms with E-state index >= 15 is 0 Å². The molecule has 0 saturated carbocycles. The number of aromatic amines is 1. The molecule has 0 aliphatic heterocycles. The van der Waals surface area contributed by atoms with Crippen molar-refractivity contribution in [3.8, 4) is 11.4 Å². The molecule has 1 amide bonds. The zero-order chi connectivity index (χ0) is 18.7. The van der Waals surface area contributed by atoms with Crippen LogP contribution in [0.5, 0.6) is 5.75 Å². The monoisotopic (exact) mass is 408 g/mol. The third-order valence-corrected chi connectivity index (χ3v) is 4.67. The summed E-state index contributed by atoms with van der Waals surface area (Å²) in [6.07, 6.45) is 0. The predicted molar refractivity (Wildman–Crippen MR) is 103 cm³/mol. The molecule has 0 radical (unpaired) electrons. The third-order valence-electron chi connectivity index (χ3n) is 3.66. The van der Waals surface area contributed by atoms with Gasteiger partial charge in [0.15, 0.2) is 10.6 Å². The molecule has 2 aromatic carbocycles. The number of halogens is 2. The molecule has 1 heterocycles. The van der Waals surface area contributed by atoms with E-state index in [1.165, 1.54) is 7.11 Å². The minimum absolute atomic E-state index is 0.157. The maximum absolute atomic E-state index is 12.4. The molecule has 0 aliphatic rings. The van der Waals surface area contributed by atoms with Gasteiger partial charge in [-0.1, -0.05) is 35.3 Å². The van der Waals surface area contributed by atoms with Gasteiger partial charge in [-0.05, 0) is 42.5 Å². The largest absolute Gasteiger partial charge is 0.496 e.